The monoisotopic (exact) mass is 448 g/mol. The van der Waals surface area contributed by atoms with Crippen molar-refractivity contribution in [3.63, 3.8) is 0 Å². The molecule has 0 bridgehead atoms. The first kappa shape index (κ1) is 25.0. The van der Waals surface area contributed by atoms with Crippen LogP contribution in [0.25, 0.3) is 0 Å². The van der Waals surface area contributed by atoms with Crippen LogP contribution in [0.5, 0.6) is 0 Å². The Morgan fingerprint density at radius 3 is 2.26 bits per heavy atom. The SMILES string of the molecule is C=C1CC[C@H]2[C@@H](CO[Si](C)(C)C(C)(C)C)[C@@H](C3(OC(C)=O)CCC(C)CC3)CC[C@]12C. The predicted octanol–water partition coefficient (Wildman–Crippen LogP) is 7.52. The van der Waals surface area contributed by atoms with E-state index in [0.717, 1.165) is 51.0 Å². The summed E-state index contributed by atoms with van der Waals surface area (Å²) in [5.41, 5.74) is 1.36. The Hall–Kier alpha value is -0.613. The van der Waals surface area contributed by atoms with Crippen LogP contribution in [-0.4, -0.2) is 26.5 Å². The topological polar surface area (TPSA) is 35.5 Å². The fraction of sp³-hybridized carbons (Fsp3) is 0.889. The molecule has 3 aliphatic carbocycles. The van der Waals surface area contributed by atoms with E-state index in [1.165, 1.54) is 18.4 Å². The predicted molar refractivity (Wildman–Crippen MR) is 131 cm³/mol. The molecule has 0 radical (unpaired) electrons. The molecule has 0 aromatic heterocycles. The second-order valence-electron chi connectivity index (χ2n) is 12.9. The summed E-state index contributed by atoms with van der Waals surface area (Å²) in [5, 5.41) is 0.202. The van der Waals surface area contributed by atoms with Crippen LogP contribution in [0, 0.1) is 29.1 Å². The smallest absolute Gasteiger partial charge is 0.303 e. The molecule has 0 aromatic carbocycles. The molecule has 4 heteroatoms. The van der Waals surface area contributed by atoms with Crippen LogP contribution < -0.4 is 0 Å². The first-order chi connectivity index (χ1) is 14.2. The van der Waals surface area contributed by atoms with Crippen molar-refractivity contribution in [2.75, 3.05) is 6.61 Å². The maximum atomic E-state index is 12.3. The molecule has 178 valence electrons. The third-order valence-electron chi connectivity index (χ3n) is 9.98. The lowest BCUT2D eigenvalue weighted by Gasteiger charge is -2.55. The number of ether oxygens (including phenoxy) is 1. The van der Waals surface area contributed by atoms with Crippen molar-refractivity contribution in [1.82, 2.24) is 0 Å². The van der Waals surface area contributed by atoms with Gasteiger partial charge in [0.15, 0.2) is 8.32 Å². The molecule has 4 atom stereocenters. The molecule has 3 fully saturated rings. The van der Waals surface area contributed by atoms with E-state index in [4.69, 9.17) is 9.16 Å². The molecule has 3 nitrogen and oxygen atoms in total. The fourth-order valence-electron chi connectivity index (χ4n) is 6.69. The Morgan fingerprint density at radius 2 is 1.71 bits per heavy atom. The van der Waals surface area contributed by atoms with Crippen molar-refractivity contribution >= 4 is 14.3 Å². The second kappa shape index (κ2) is 8.63. The number of rotatable bonds is 5. The van der Waals surface area contributed by atoms with Gasteiger partial charge in [0.2, 0.25) is 0 Å². The zero-order valence-corrected chi connectivity index (χ0v) is 22.6. The molecule has 3 aliphatic rings. The van der Waals surface area contributed by atoms with Gasteiger partial charge in [0.1, 0.15) is 5.60 Å². The Kier molecular flexibility index (Phi) is 6.96. The molecule has 0 aliphatic heterocycles. The number of hydrogen-bond acceptors (Lipinski definition) is 3. The molecular weight excluding hydrogens is 400 g/mol. The minimum atomic E-state index is -1.85. The molecule has 31 heavy (non-hydrogen) atoms. The highest BCUT2D eigenvalue weighted by Crippen LogP contribution is 2.61. The third kappa shape index (κ3) is 4.71. The largest absolute Gasteiger partial charge is 0.459 e. The molecule has 0 aromatic rings. The highest BCUT2D eigenvalue weighted by molar-refractivity contribution is 6.74. The molecule has 0 N–H and O–H groups in total. The summed E-state index contributed by atoms with van der Waals surface area (Å²) in [6.07, 6.45) is 9.00. The lowest BCUT2D eigenvalue weighted by Crippen LogP contribution is -2.55. The van der Waals surface area contributed by atoms with Gasteiger partial charge in [-0.3, -0.25) is 4.79 Å². The lowest BCUT2D eigenvalue weighted by molar-refractivity contribution is -0.183. The minimum Gasteiger partial charge on any atom is -0.459 e. The maximum absolute atomic E-state index is 12.3. The Balaban J connectivity index is 1.94. The van der Waals surface area contributed by atoms with Gasteiger partial charge in [-0.05, 0) is 92.7 Å². The van der Waals surface area contributed by atoms with Crippen molar-refractivity contribution in [2.24, 2.45) is 29.1 Å². The van der Waals surface area contributed by atoms with Crippen LogP contribution >= 0.6 is 0 Å². The molecule has 3 saturated carbocycles. The van der Waals surface area contributed by atoms with Crippen molar-refractivity contribution in [2.45, 2.75) is 117 Å². The molecular formula is C27H48O3Si. The molecule has 0 amide bonds. The van der Waals surface area contributed by atoms with Crippen LogP contribution in [0.15, 0.2) is 12.2 Å². The summed E-state index contributed by atoms with van der Waals surface area (Å²) in [5.74, 6) is 2.06. The molecule has 0 saturated heterocycles. The van der Waals surface area contributed by atoms with E-state index in [9.17, 15) is 4.79 Å². The van der Waals surface area contributed by atoms with E-state index in [1.807, 2.05) is 0 Å². The highest BCUT2D eigenvalue weighted by atomic mass is 28.4. The van der Waals surface area contributed by atoms with Crippen LogP contribution in [-0.2, 0) is 14.0 Å². The Labute approximate surface area is 192 Å². The van der Waals surface area contributed by atoms with Crippen molar-refractivity contribution in [3.05, 3.63) is 12.2 Å². The summed E-state index contributed by atoms with van der Waals surface area (Å²) in [6, 6.07) is 0. The second-order valence-corrected chi connectivity index (χ2v) is 17.7. The van der Waals surface area contributed by atoms with Gasteiger partial charge in [-0.15, -0.1) is 0 Å². The summed E-state index contributed by atoms with van der Waals surface area (Å²) < 4.78 is 13.2. The molecule has 0 unspecified atom stereocenters. The number of allylic oxidation sites excluding steroid dienone is 1. The number of esters is 1. The Morgan fingerprint density at radius 1 is 1.10 bits per heavy atom. The van der Waals surface area contributed by atoms with Crippen molar-refractivity contribution in [1.29, 1.82) is 0 Å². The average Bonchev–Trinajstić information content (AvgIpc) is 2.95. The number of carbonyl (C=O) groups excluding carboxylic acids is 1. The first-order valence-corrected chi connectivity index (χ1v) is 15.6. The highest BCUT2D eigenvalue weighted by Gasteiger charge is 2.57. The van der Waals surface area contributed by atoms with Crippen molar-refractivity contribution in [3.8, 4) is 0 Å². The zero-order chi connectivity index (χ0) is 23.2. The quantitative estimate of drug-likeness (QED) is 0.248. The van der Waals surface area contributed by atoms with Gasteiger partial charge in [-0.1, -0.05) is 46.8 Å². The van der Waals surface area contributed by atoms with E-state index >= 15 is 0 Å². The summed E-state index contributed by atoms with van der Waals surface area (Å²) in [6.45, 7) is 23.4. The number of carbonyl (C=O) groups is 1. The van der Waals surface area contributed by atoms with Gasteiger partial charge in [0.25, 0.3) is 0 Å². The van der Waals surface area contributed by atoms with E-state index in [2.05, 4.69) is 54.3 Å². The van der Waals surface area contributed by atoms with E-state index in [-0.39, 0.29) is 22.0 Å². The molecule has 0 heterocycles. The van der Waals surface area contributed by atoms with E-state index < -0.39 is 8.32 Å². The zero-order valence-electron chi connectivity index (χ0n) is 21.6. The maximum Gasteiger partial charge on any atom is 0.303 e. The van der Waals surface area contributed by atoms with E-state index in [1.54, 1.807) is 6.92 Å². The van der Waals surface area contributed by atoms with Gasteiger partial charge in [-0.2, -0.15) is 0 Å². The van der Waals surface area contributed by atoms with Crippen LogP contribution in [0.1, 0.15) is 92.9 Å². The van der Waals surface area contributed by atoms with Gasteiger partial charge in [0.05, 0.1) is 0 Å². The lowest BCUT2D eigenvalue weighted by atomic mass is 9.54. The van der Waals surface area contributed by atoms with Gasteiger partial charge in [-0.25, -0.2) is 0 Å². The molecule has 0 spiro atoms. The van der Waals surface area contributed by atoms with Gasteiger partial charge >= 0.3 is 5.97 Å². The average molecular weight is 449 g/mol. The van der Waals surface area contributed by atoms with E-state index in [0.29, 0.717) is 17.8 Å². The third-order valence-corrected chi connectivity index (χ3v) is 14.5. The van der Waals surface area contributed by atoms with Crippen LogP contribution in [0.3, 0.4) is 0 Å². The first-order valence-electron chi connectivity index (χ1n) is 12.7. The van der Waals surface area contributed by atoms with Crippen molar-refractivity contribution < 1.29 is 14.0 Å². The standard InChI is InChI=1S/C27H48O3Si/c1-19-12-16-27(17-13-19,30-21(3)28)24-14-15-26(7)20(2)10-11-23(26)22(24)18-29-31(8,9)25(4,5)6/h19,22-24H,2,10-18H2,1,3-9H3/t19?,22-,23+,24+,26-,27?/m1/s1. The minimum absolute atomic E-state index is 0.109. The number of fused-ring (bicyclic) bond motifs is 1. The van der Waals surface area contributed by atoms with Crippen LogP contribution in [0.2, 0.25) is 18.1 Å². The molecule has 3 rings (SSSR count). The van der Waals surface area contributed by atoms with Crippen LogP contribution in [0.4, 0.5) is 0 Å². The summed E-state index contributed by atoms with van der Waals surface area (Å²) >= 11 is 0. The van der Waals surface area contributed by atoms with Gasteiger partial charge in [0, 0.05) is 19.4 Å². The normalized spacial score (nSPS) is 39.3. The summed E-state index contributed by atoms with van der Waals surface area (Å²) in [7, 11) is -1.85. The summed E-state index contributed by atoms with van der Waals surface area (Å²) in [4.78, 5) is 12.3. The van der Waals surface area contributed by atoms with Gasteiger partial charge < -0.3 is 9.16 Å². The number of hydrogen-bond donors (Lipinski definition) is 0. The Bertz CT molecular complexity index is 683. The fourth-order valence-corrected chi connectivity index (χ4v) is 7.73.